The van der Waals surface area contributed by atoms with Gasteiger partial charge in [0, 0.05) is 6.42 Å². The fourth-order valence-corrected chi connectivity index (χ4v) is 2.17. The minimum Gasteiger partial charge on any atom is -0.493 e. The first kappa shape index (κ1) is 16.5. The van der Waals surface area contributed by atoms with E-state index in [4.69, 9.17) is 5.41 Å². The molecular formula is C13H15N5O5. The first-order valence-corrected chi connectivity index (χ1v) is 6.75. The van der Waals surface area contributed by atoms with Crippen LogP contribution in [0.25, 0.3) is 0 Å². The summed E-state index contributed by atoms with van der Waals surface area (Å²) in [7, 11) is 1.02. The predicted octanol–water partition coefficient (Wildman–Crippen LogP) is 0.910. The number of hydrogen-bond donors (Lipinski definition) is 2. The summed E-state index contributed by atoms with van der Waals surface area (Å²) in [5.41, 5.74) is -0.329. The van der Waals surface area contributed by atoms with Gasteiger partial charge in [-0.1, -0.05) is 13.8 Å². The van der Waals surface area contributed by atoms with Crippen molar-refractivity contribution in [3.05, 3.63) is 5.69 Å². The van der Waals surface area contributed by atoms with E-state index in [0.717, 1.165) is 11.7 Å². The van der Waals surface area contributed by atoms with Crippen LogP contribution in [-0.2, 0) is 19.1 Å². The summed E-state index contributed by atoms with van der Waals surface area (Å²) >= 11 is 0. The monoisotopic (exact) mass is 321 g/mol. The Kier molecular flexibility index (Phi) is 4.34. The molecule has 1 aromatic heterocycles. The number of fused-ring (bicyclic) bond motifs is 1. The largest absolute Gasteiger partial charge is 0.493 e. The van der Waals surface area contributed by atoms with Crippen molar-refractivity contribution in [3.8, 4) is 5.88 Å². The maximum Gasteiger partial charge on any atom is 0.375 e. The number of nitrogens with zero attached hydrogens (tertiary/aromatic N) is 4. The molecule has 1 aliphatic heterocycles. The maximum atomic E-state index is 12.4. The summed E-state index contributed by atoms with van der Waals surface area (Å²) in [5, 5.41) is 24.6. The lowest BCUT2D eigenvalue weighted by molar-refractivity contribution is -0.153. The Labute approximate surface area is 130 Å². The Morgan fingerprint density at radius 3 is 2.48 bits per heavy atom. The number of carbonyl (C=O) groups is 3. The van der Waals surface area contributed by atoms with Crippen LogP contribution in [0, 0.1) is 11.3 Å². The van der Waals surface area contributed by atoms with Gasteiger partial charge in [-0.05, 0) is 5.92 Å². The van der Waals surface area contributed by atoms with Crippen molar-refractivity contribution in [2.45, 2.75) is 26.2 Å². The molecule has 0 aromatic carbocycles. The summed E-state index contributed by atoms with van der Waals surface area (Å²) < 4.78 is 5.24. The van der Waals surface area contributed by atoms with Crippen molar-refractivity contribution in [2.24, 2.45) is 16.1 Å². The predicted molar refractivity (Wildman–Crippen MR) is 75.8 cm³/mol. The molecule has 0 amide bonds. The van der Waals surface area contributed by atoms with Crippen molar-refractivity contribution in [3.63, 3.8) is 0 Å². The SMILES string of the molecule is COC(=O)C(=O)C(C(=O)CC(C)C)c1nc2n(c1O)C(=N)N=N2. The zero-order valence-electron chi connectivity index (χ0n) is 12.7. The zero-order valence-corrected chi connectivity index (χ0v) is 12.7. The van der Waals surface area contributed by atoms with Gasteiger partial charge in [-0.25, -0.2) is 14.3 Å². The zero-order chi connectivity index (χ0) is 17.3. The molecule has 0 bridgehead atoms. The highest BCUT2D eigenvalue weighted by atomic mass is 16.5. The Morgan fingerprint density at radius 2 is 1.96 bits per heavy atom. The number of hydrogen-bond acceptors (Lipinski definition) is 8. The highest BCUT2D eigenvalue weighted by molar-refractivity contribution is 6.40. The van der Waals surface area contributed by atoms with Gasteiger partial charge in [-0.2, -0.15) is 0 Å². The number of azo groups is 1. The minimum absolute atomic E-state index is 0.00794. The molecule has 1 aliphatic rings. The van der Waals surface area contributed by atoms with Crippen LogP contribution >= 0.6 is 0 Å². The molecule has 23 heavy (non-hydrogen) atoms. The number of aromatic hydroxyl groups is 1. The van der Waals surface area contributed by atoms with E-state index in [2.05, 4.69) is 19.9 Å². The molecule has 0 saturated carbocycles. The number of imidazole rings is 1. The summed E-state index contributed by atoms with van der Waals surface area (Å²) in [6.45, 7) is 3.54. The lowest BCUT2D eigenvalue weighted by atomic mass is 9.90. The van der Waals surface area contributed by atoms with Crippen LogP contribution in [0.1, 0.15) is 31.9 Å². The average Bonchev–Trinajstić information content (AvgIpc) is 2.99. The quantitative estimate of drug-likeness (QED) is 0.452. The number of ether oxygens (including phenoxy) is 1. The van der Waals surface area contributed by atoms with Crippen molar-refractivity contribution < 1.29 is 24.2 Å². The van der Waals surface area contributed by atoms with Crippen molar-refractivity contribution in [1.29, 1.82) is 5.41 Å². The molecule has 2 N–H and O–H groups in total. The number of Topliss-reactive ketones (excluding diaryl/α,β-unsaturated/α-hetero) is 2. The third-order valence-corrected chi connectivity index (χ3v) is 3.16. The molecular weight excluding hydrogens is 306 g/mol. The number of methoxy groups -OCH3 is 1. The average molecular weight is 321 g/mol. The number of ketones is 2. The second-order valence-electron chi connectivity index (χ2n) is 5.33. The molecule has 0 radical (unpaired) electrons. The molecule has 1 aromatic rings. The van der Waals surface area contributed by atoms with Gasteiger partial charge in [-0.15, -0.1) is 10.2 Å². The Morgan fingerprint density at radius 1 is 1.30 bits per heavy atom. The van der Waals surface area contributed by atoms with E-state index in [1.807, 2.05) is 0 Å². The van der Waals surface area contributed by atoms with E-state index in [1.54, 1.807) is 13.8 Å². The number of rotatable bonds is 6. The fourth-order valence-electron chi connectivity index (χ4n) is 2.17. The Hall–Kier alpha value is -2.91. The number of esters is 1. The van der Waals surface area contributed by atoms with Crippen LogP contribution in [0.5, 0.6) is 5.88 Å². The highest BCUT2D eigenvalue weighted by Gasteiger charge is 2.40. The van der Waals surface area contributed by atoms with Gasteiger partial charge in [-0.3, -0.25) is 15.0 Å². The van der Waals surface area contributed by atoms with Crippen LogP contribution < -0.4 is 0 Å². The van der Waals surface area contributed by atoms with Crippen LogP contribution in [0.15, 0.2) is 10.2 Å². The molecule has 0 saturated heterocycles. The molecule has 1 unspecified atom stereocenters. The van der Waals surface area contributed by atoms with E-state index in [9.17, 15) is 19.5 Å². The van der Waals surface area contributed by atoms with Gasteiger partial charge < -0.3 is 9.84 Å². The first-order valence-electron chi connectivity index (χ1n) is 6.75. The van der Waals surface area contributed by atoms with Crippen LogP contribution in [0.2, 0.25) is 0 Å². The lowest BCUT2D eigenvalue weighted by Gasteiger charge is -2.13. The molecule has 122 valence electrons. The number of aromatic nitrogens is 2. The first-order chi connectivity index (χ1) is 10.8. The van der Waals surface area contributed by atoms with Gasteiger partial charge in [0.15, 0.2) is 0 Å². The summed E-state index contributed by atoms with van der Waals surface area (Å²) in [6, 6.07) is 0. The molecule has 0 aliphatic carbocycles. The Balaban J connectivity index is 2.50. The van der Waals surface area contributed by atoms with E-state index in [0.29, 0.717) is 0 Å². The van der Waals surface area contributed by atoms with Crippen molar-refractivity contribution in [1.82, 2.24) is 9.55 Å². The standard InChI is InChI=1S/C13H15N5O5/c1-5(2)4-6(19)7(9(20)11(22)23-3)8-10(21)18-12(14)16-17-13(18)15-8/h5,7,14,21H,4H2,1-3H3. The molecule has 0 fully saturated rings. The summed E-state index contributed by atoms with van der Waals surface area (Å²) in [6.07, 6.45) is 0.00794. The lowest BCUT2D eigenvalue weighted by Crippen LogP contribution is -2.30. The second-order valence-corrected chi connectivity index (χ2v) is 5.33. The smallest absolute Gasteiger partial charge is 0.375 e. The molecule has 0 spiro atoms. The van der Waals surface area contributed by atoms with Crippen LogP contribution in [0.4, 0.5) is 5.95 Å². The third kappa shape index (κ3) is 2.87. The van der Waals surface area contributed by atoms with Crippen LogP contribution in [0.3, 0.4) is 0 Å². The fraction of sp³-hybridized carbons (Fsp3) is 0.462. The maximum absolute atomic E-state index is 12.4. The van der Waals surface area contributed by atoms with E-state index >= 15 is 0 Å². The van der Waals surface area contributed by atoms with Gasteiger partial charge in [0.1, 0.15) is 17.4 Å². The normalized spacial score (nSPS) is 14.0. The second kappa shape index (κ2) is 6.07. The third-order valence-electron chi connectivity index (χ3n) is 3.16. The molecule has 10 heteroatoms. The van der Waals surface area contributed by atoms with Gasteiger partial charge in [0.05, 0.1) is 7.11 Å². The van der Waals surface area contributed by atoms with E-state index in [1.165, 1.54) is 0 Å². The van der Waals surface area contributed by atoms with Gasteiger partial charge in [0.2, 0.25) is 5.88 Å². The van der Waals surface area contributed by atoms with Crippen molar-refractivity contribution >= 4 is 29.4 Å². The topological polar surface area (TPSA) is 147 Å². The molecule has 1 atom stereocenters. The molecule has 10 nitrogen and oxygen atoms in total. The van der Waals surface area contributed by atoms with E-state index < -0.39 is 35.3 Å². The molecule has 2 rings (SSSR count). The minimum atomic E-state index is -1.61. The van der Waals surface area contributed by atoms with Crippen LogP contribution in [-0.4, -0.2) is 45.3 Å². The Bertz CT molecular complexity index is 733. The van der Waals surface area contributed by atoms with Gasteiger partial charge in [0.25, 0.3) is 17.7 Å². The molecule has 2 heterocycles. The highest BCUT2D eigenvalue weighted by Crippen LogP contribution is 2.35. The number of carbonyl (C=O) groups excluding carboxylic acids is 3. The number of nitrogens with one attached hydrogen (secondary N) is 1. The van der Waals surface area contributed by atoms with Crippen molar-refractivity contribution in [2.75, 3.05) is 7.11 Å². The van der Waals surface area contributed by atoms with Gasteiger partial charge >= 0.3 is 5.97 Å². The summed E-state index contributed by atoms with van der Waals surface area (Å²) in [4.78, 5) is 40.0. The van der Waals surface area contributed by atoms with E-state index in [-0.39, 0.29) is 24.0 Å². The summed E-state index contributed by atoms with van der Waals surface area (Å²) in [5.74, 6) is -5.75.